The van der Waals surface area contributed by atoms with Gasteiger partial charge < -0.3 is 20.4 Å². The van der Waals surface area contributed by atoms with E-state index in [1.807, 2.05) is 63.7 Å². The number of pyridine rings is 1. The number of carbonyl (C=O) groups excluding carboxylic acids is 1. The van der Waals surface area contributed by atoms with Crippen LogP contribution in [0.25, 0.3) is 21.5 Å². The van der Waals surface area contributed by atoms with Gasteiger partial charge in [0, 0.05) is 40.9 Å². The molecule has 0 spiro atoms. The number of hydrogen-bond donors (Lipinski definition) is 4. The summed E-state index contributed by atoms with van der Waals surface area (Å²) >= 11 is 1.61. The van der Waals surface area contributed by atoms with Crippen LogP contribution in [0.15, 0.2) is 42.0 Å². The zero-order valence-corrected chi connectivity index (χ0v) is 21.1. The maximum atomic E-state index is 12.2. The third kappa shape index (κ3) is 5.66. The van der Waals surface area contributed by atoms with Crippen molar-refractivity contribution in [2.75, 3.05) is 16.0 Å². The van der Waals surface area contributed by atoms with Gasteiger partial charge in [-0.2, -0.15) is 0 Å². The number of aryl methyl sites for hydroxylation is 1. The highest BCUT2D eigenvalue weighted by atomic mass is 32.1. The molecule has 4 aromatic rings. The third-order valence-electron chi connectivity index (χ3n) is 4.89. The van der Waals surface area contributed by atoms with E-state index in [-0.39, 0.29) is 6.04 Å². The number of aromatic amines is 1. The van der Waals surface area contributed by atoms with Gasteiger partial charge in [0.1, 0.15) is 11.4 Å². The fourth-order valence-corrected chi connectivity index (χ4v) is 4.21. The van der Waals surface area contributed by atoms with Gasteiger partial charge in [0.15, 0.2) is 0 Å². The summed E-state index contributed by atoms with van der Waals surface area (Å²) in [5.41, 5.74) is 7.38. The Morgan fingerprint density at radius 3 is 2.65 bits per heavy atom. The number of aromatic nitrogens is 3. The molecule has 0 saturated carbocycles. The first-order chi connectivity index (χ1) is 16.1. The van der Waals surface area contributed by atoms with Gasteiger partial charge in [-0.1, -0.05) is 0 Å². The molecule has 1 aromatic carbocycles. The molecule has 0 unspecified atom stereocenters. The topological polar surface area (TPSA) is 104 Å². The molecule has 3 heterocycles. The van der Waals surface area contributed by atoms with Crippen LogP contribution in [0.4, 0.5) is 27.7 Å². The molecular formula is C25H30N6O2S. The summed E-state index contributed by atoms with van der Waals surface area (Å²) in [5.74, 6) is 0.728. The van der Waals surface area contributed by atoms with Crippen LogP contribution >= 0.6 is 11.3 Å². The number of carbonyl (C=O) groups is 1. The van der Waals surface area contributed by atoms with Crippen molar-refractivity contribution in [1.82, 2.24) is 15.0 Å². The first kappa shape index (κ1) is 23.6. The lowest BCUT2D eigenvalue weighted by Crippen LogP contribution is -2.27. The lowest BCUT2D eigenvalue weighted by molar-refractivity contribution is 0.0636. The lowest BCUT2D eigenvalue weighted by atomic mass is 10.1. The Bertz CT molecular complexity index is 1320. The molecule has 3 aromatic heterocycles. The van der Waals surface area contributed by atoms with E-state index >= 15 is 0 Å². The van der Waals surface area contributed by atoms with Gasteiger partial charge in [-0.25, -0.2) is 14.8 Å². The lowest BCUT2D eigenvalue weighted by Gasteiger charge is -2.19. The quantitative estimate of drug-likeness (QED) is 0.240. The minimum atomic E-state index is -0.567. The average Bonchev–Trinajstić information content (AvgIpc) is 3.32. The van der Waals surface area contributed by atoms with Crippen molar-refractivity contribution in [2.24, 2.45) is 0 Å². The number of thiazole rings is 1. The number of fused-ring (bicyclic) bond motifs is 1. The molecule has 178 valence electrons. The molecular weight excluding hydrogens is 448 g/mol. The zero-order chi connectivity index (χ0) is 24.5. The normalized spacial score (nSPS) is 11.6. The predicted molar refractivity (Wildman–Crippen MR) is 140 cm³/mol. The van der Waals surface area contributed by atoms with Crippen LogP contribution in [0.3, 0.4) is 0 Å². The number of rotatable bonds is 6. The Morgan fingerprint density at radius 2 is 1.91 bits per heavy atom. The van der Waals surface area contributed by atoms with Gasteiger partial charge in [0.05, 0.1) is 27.1 Å². The predicted octanol–water partition coefficient (Wildman–Crippen LogP) is 6.91. The molecule has 8 nitrogen and oxygen atoms in total. The number of H-pyrrole nitrogens is 1. The van der Waals surface area contributed by atoms with Crippen LogP contribution in [0, 0.1) is 6.92 Å². The fourth-order valence-electron chi connectivity index (χ4n) is 3.50. The minimum Gasteiger partial charge on any atom is -0.444 e. The molecule has 0 aliphatic rings. The van der Waals surface area contributed by atoms with Crippen molar-refractivity contribution < 1.29 is 9.53 Å². The summed E-state index contributed by atoms with van der Waals surface area (Å²) in [5, 5.41) is 9.71. The van der Waals surface area contributed by atoms with E-state index in [1.54, 1.807) is 11.3 Å². The van der Waals surface area contributed by atoms with Crippen molar-refractivity contribution in [3.63, 3.8) is 0 Å². The second-order valence-electron chi connectivity index (χ2n) is 9.42. The minimum absolute atomic E-state index is 0.220. The van der Waals surface area contributed by atoms with Crippen molar-refractivity contribution >= 4 is 50.5 Å². The van der Waals surface area contributed by atoms with E-state index in [9.17, 15) is 4.79 Å². The van der Waals surface area contributed by atoms with Gasteiger partial charge in [0.2, 0.25) is 0 Å². The molecule has 0 saturated heterocycles. The Morgan fingerprint density at radius 1 is 1.12 bits per heavy atom. The molecule has 34 heavy (non-hydrogen) atoms. The Kier molecular flexibility index (Phi) is 6.47. The summed E-state index contributed by atoms with van der Waals surface area (Å²) in [6.45, 7) is 11.6. The molecule has 0 aliphatic carbocycles. The van der Waals surface area contributed by atoms with E-state index in [4.69, 9.17) is 4.74 Å². The molecule has 0 bridgehead atoms. The summed E-state index contributed by atoms with van der Waals surface area (Å²) in [6.07, 6.45) is 1.33. The number of nitrogens with one attached hydrogen (secondary N) is 4. The highest BCUT2D eigenvalue weighted by Gasteiger charge is 2.19. The molecule has 4 N–H and O–H groups in total. The van der Waals surface area contributed by atoms with Crippen LogP contribution in [0.1, 0.15) is 40.3 Å². The smallest absolute Gasteiger partial charge is 0.412 e. The van der Waals surface area contributed by atoms with Gasteiger partial charge in [-0.3, -0.25) is 5.32 Å². The molecule has 4 rings (SSSR count). The van der Waals surface area contributed by atoms with Crippen molar-refractivity contribution in [2.45, 2.75) is 53.2 Å². The van der Waals surface area contributed by atoms with E-state index in [2.05, 4.69) is 50.8 Å². The molecule has 0 fully saturated rings. The van der Waals surface area contributed by atoms with Crippen molar-refractivity contribution in [3.8, 4) is 11.3 Å². The zero-order valence-electron chi connectivity index (χ0n) is 20.2. The number of hydrogen-bond acceptors (Lipinski definition) is 7. The van der Waals surface area contributed by atoms with Crippen LogP contribution in [0.5, 0.6) is 0 Å². The van der Waals surface area contributed by atoms with Gasteiger partial charge >= 0.3 is 6.09 Å². The van der Waals surface area contributed by atoms with E-state index in [1.165, 1.54) is 0 Å². The first-order valence-corrected chi connectivity index (χ1v) is 12.0. The Hall–Kier alpha value is -3.59. The molecule has 0 atom stereocenters. The summed E-state index contributed by atoms with van der Waals surface area (Å²) in [6, 6.07) is 10.2. The van der Waals surface area contributed by atoms with Crippen LogP contribution in [-0.2, 0) is 4.74 Å². The number of anilines is 4. The van der Waals surface area contributed by atoms with Gasteiger partial charge in [-0.15, -0.1) is 11.3 Å². The SMILES string of the molecule is Cc1[nH]c(-c2cnc(Nc3ccc4ncsc4c3)cc2NC(C)C)cc1NC(=O)OC(C)(C)C. The fraction of sp³-hybridized carbons (Fsp3) is 0.320. The maximum Gasteiger partial charge on any atom is 0.412 e. The van der Waals surface area contributed by atoms with E-state index in [0.717, 1.165) is 44.4 Å². The summed E-state index contributed by atoms with van der Waals surface area (Å²) in [4.78, 5) is 24.6. The summed E-state index contributed by atoms with van der Waals surface area (Å²) < 4.78 is 6.50. The van der Waals surface area contributed by atoms with Crippen molar-refractivity contribution in [3.05, 3.63) is 47.7 Å². The standard InChI is InChI=1S/C25H30N6O2S/c1-14(2)28-21-11-23(30-16-7-8-18-22(9-16)34-13-27-18)26-12-17(21)20-10-19(15(3)29-20)31-24(32)33-25(4,5)6/h7-14,29H,1-6H3,(H,31,32)(H2,26,28,30). The highest BCUT2D eigenvalue weighted by molar-refractivity contribution is 7.16. The van der Waals surface area contributed by atoms with E-state index in [0.29, 0.717) is 5.69 Å². The number of ether oxygens (including phenoxy) is 1. The molecule has 1 amide bonds. The third-order valence-corrected chi connectivity index (χ3v) is 5.68. The molecule has 0 radical (unpaired) electrons. The van der Waals surface area contributed by atoms with Crippen molar-refractivity contribution in [1.29, 1.82) is 0 Å². The number of benzene rings is 1. The van der Waals surface area contributed by atoms with Crippen LogP contribution in [-0.4, -0.2) is 32.7 Å². The second kappa shape index (κ2) is 9.34. The van der Waals surface area contributed by atoms with Gasteiger partial charge in [-0.05, 0) is 65.8 Å². The van der Waals surface area contributed by atoms with Crippen LogP contribution < -0.4 is 16.0 Å². The highest BCUT2D eigenvalue weighted by Crippen LogP contribution is 2.33. The van der Waals surface area contributed by atoms with Crippen LogP contribution in [0.2, 0.25) is 0 Å². The number of amides is 1. The second-order valence-corrected chi connectivity index (χ2v) is 10.3. The average molecular weight is 479 g/mol. The number of nitrogens with zero attached hydrogens (tertiary/aromatic N) is 2. The molecule has 0 aliphatic heterocycles. The molecule has 9 heteroatoms. The largest absolute Gasteiger partial charge is 0.444 e. The Balaban J connectivity index is 1.60. The van der Waals surface area contributed by atoms with Gasteiger partial charge in [0.25, 0.3) is 0 Å². The van der Waals surface area contributed by atoms with E-state index < -0.39 is 11.7 Å². The summed E-state index contributed by atoms with van der Waals surface area (Å²) in [7, 11) is 0. The maximum absolute atomic E-state index is 12.2. The Labute approximate surface area is 203 Å². The first-order valence-electron chi connectivity index (χ1n) is 11.1. The monoisotopic (exact) mass is 478 g/mol.